The van der Waals surface area contributed by atoms with Gasteiger partial charge in [-0.2, -0.15) is 10.1 Å². The first kappa shape index (κ1) is 12.9. The van der Waals surface area contributed by atoms with Gasteiger partial charge in [0.2, 0.25) is 0 Å². The van der Waals surface area contributed by atoms with Crippen molar-refractivity contribution in [2.45, 2.75) is 11.3 Å². The fraction of sp³-hybridized carbons (Fsp3) is 0.333. The Balaban J connectivity index is 2.41. The van der Waals surface area contributed by atoms with Gasteiger partial charge in [-0.25, -0.2) is 4.79 Å². The lowest BCUT2D eigenvalue weighted by Gasteiger charge is -2.34. The number of carbonyl (C=O) groups is 1. The fourth-order valence-corrected chi connectivity index (χ4v) is 3.00. The molecule has 2 rings (SSSR count). The van der Waals surface area contributed by atoms with Gasteiger partial charge in [0.15, 0.2) is 0 Å². The van der Waals surface area contributed by atoms with Crippen LogP contribution in [0.2, 0.25) is 0 Å². The summed E-state index contributed by atoms with van der Waals surface area (Å²) in [6.45, 7) is -0.0151. The Kier molecular flexibility index (Phi) is 3.88. The highest BCUT2D eigenvalue weighted by Crippen LogP contribution is 2.45. The lowest BCUT2D eigenvalue weighted by atomic mass is 10.0. The molecule has 0 spiro atoms. The van der Waals surface area contributed by atoms with E-state index in [2.05, 4.69) is 10.4 Å². The third-order valence-corrected chi connectivity index (χ3v) is 4.04. The van der Waals surface area contributed by atoms with E-state index >= 15 is 0 Å². The minimum atomic E-state index is -0.657. The van der Waals surface area contributed by atoms with E-state index < -0.39 is 4.87 Å². The molecule has 6 heteroatoms. The van der Waals surface area contributed by atoms with Gasteiger partial charge in [-0.3, -0.25) is 0 Å². The fourth-order valence-electron chi connectivity index (χ4n) is 1.97. The maximum absolute atomic E-state index is 11.9. The molecule has 0 radical (unpaired) electrons. The average molecular weight is 265 g/mol. The van der Waals surface area contributed by atoms with Gasteiger partial charge in [-0.15, -0.1) is 0 Å². The zero-order valence-electron chi connectivity index (χ0n) is 10.0. The van der Waals surface area contributed by atoms with E-state index in [9.17, 15) is 9.90 Å². The number of urea groups is 1. The highest BCUT2D eigenvalue weighted by atomic mass is 32.2. The van der Waals surface area contributed by atoms with Crippen LogP contribution < -0.4 is 5.32 Å². The maximum atomic E-state index is 11.9. The SMILES string of the molecule is CNC(=O)N1N=CSC1(CCO)c1ccccc1. The van der Waals surface area contributed by atoms with Crippen LogP contribution in [0.4, 0.5) is 4.79 Å². The molecule has 0 aromatic heterocycles. The molecule has 0 saturated carbocycles. The van der Waals surface area contributed by atoms with Crippen molar-refractivity contribution in [3.8, 4) is 0 Å². The van der Waals surface area contributed by atoms with Gasteiger partial charge < -0.3 is 10.4 Å². The second kappa shape index (κ2) is 5.41. The largest absolute Gasteiger partial charge is 0.396 e. The van der Waals surface area contributed by atoms with Crippen LogP contribution in [-0.4, -0.2) is 35.3 Å². The molecule has 1 aliphatic rings. The molecule has 1 aliphatic heterocycles. The predicted molar refractivity (Wildman–Crippen MR) is 72.2 cm³/mol. The Hall–Kier alpha value is -1.53. The van der Waals surface area contributed by atoms with Crippen LogP contribution in [0.5, 0.6) is 0 Å². The van der Waals surface area contributed by atoms with Crippen LogP contribution in [0.25, 0.3) is 0 Å². The maximum Gasteiger partial charge on any atom is 0.339 e. The molecule has 1 aromatic rings. The summed E-state index contributed by atoms with van der Waals surface area (Å²) in [5, 5.41) is 17.4. The van der Waals surface area contributed by atoms with Crippen molar-refractivity contribution in [3.63, 3.8) is 0 Å². The van der Waals surface area contributed by atoms with Crippen LogP contribution in [0.3, 0.4) is 0 Å². The van der Waals surface area contributed by atoms with E-state index in [-0.39, 0.29) is 12.6 Å². The van der Waals surface area contributed by atoms with Crippen molar-refractivity contribution < 1.29 is 9.90 Å². The van der Waals surface area contributed by atoms with Crippen LogP contribution in [0, 0.1) is 0 Å². The van der Waals surface area contributed by atoms with Gasteiger partial charge >= 0.3 is 6.03 Å². The Labute approximate surface area is 110 Å². The van der Waals surface area contributed by atoms with E-state index in [1.165, 1.54) is 16.8 Å². The number of hydrogen-bond donors (Lipinski definition) is 2. The molecular formula is C12H15N3O2S. The third kappa shape index (κ3) is 2.09. The number of benzene rings is 1. The van der Waals surface area contributed by atoms with E-state index in [1.807, 2.05) is 30.3 Å². The van der Waals surface area contributed by atoms with E-state index in [4.69, 9.17) is 0 Å². The predicted octanol–water partition coefficient (Wildman–Crippen LogP) is 1.55. The number of nitrogens with zero attached hydrogens (tertiary/aromatic N) is 2. The van der Waals surface area contributed by atoms with Crippen molar-refractivity contribution in [2.24, 2.45) is 5.10 Å². The molecule has 2 amide bonds. The van der Waals surface area contributed by atoms with Crippen molar-refractivity contribution in [2.75, 3.05) is 13.7 Å². The first-order valence-corrected chi connectivity index (χ1v) is 6.51. The average Bonchev–Trinajstić information content (AvgIpc) is 2.84. The summed E-state index contributed by atoms with van der Waals surface area (Å²) in [5.74, 6) is 0. The van der Waals surface area contributed by atoms with Crippen LogP contribution in [0.1, 0.15) is 12.0 Å². The van der Waals surface area contributed by atoms with Gasteiger partial charge in [0, 0.05) is 20.1 Å². The van der Waals surface area contributed by atoms with Crippen molar-refractivity contribution in [1.29, 1.82) is 0 Å². The molecule has 0 aliphatic carbocycles. The van der Waals surface area contributed by atoms with Crippen molar-refractivity contribution >= 4 is 23.3 Å². The Bertz CT molecular complexity index is 452. The van der Waals surface area contributed by atoms with Gasteiger partial charge in [0.25, 0.3) is 0 Å². The standard InChI is InChI=1S/C12H15N3O2S/c1-13-11(17)15-12(7-8-16,18-9-14-15)10-5-3-2-4-6-10/h2-6,9,16H,7-8H2,1H3,(H,13,17). The van der Waals surface area contributed by atoms with Crippen molar-refractivity contribution in [1.82, 2.24) is 10.3 Å². The number of carbonyl (C=O) groups excluding carboxylic acids is 1. The summed E-state index contributed by atoms with van der Waals surface area (Å²) in [5.41, 5.74) is 2.59. The molecular weight excluding hydrogens is 250 g/mol. The molecule has 5 nitrogen and oxygen atoms in total. The monoisotopic (exact) mass is 265 g/mol. The smallest absolute Gasteiger partial charge is 0.339 e. The molecule has 1 heterocycles. The molecule has 18 heavy (non-hydrogen) atoms. The van der Waals surface area contributed by atoms with Gasteiger partial charge in [0.05, 0.1) is 5.55 Å². The highest BCUT2D eigenvalue weighted by molar-refractivity contribution is 8.13. The second-order valence-electron chi connectivity index (χ2n) is 3.83. The van der Waals surface area contributed by atoms with Gasteiger partial charge in [-0.05, 0) is 5.56 Å². The number of hydrazone groups is 1. The zero-order valence-corrected chi connectivity index (χ0v) is 10.9. The minimum Gasteiger partial charge on any atom is -0.396 e. The van der Waals surface area contributed by atoms with Gasteiger partial charge in [0.1, 0.15) is 4.87 Å². The summed E-state index contributed by atoms with van der Waals surface area (Å²) >= 11 is 1.43. The first-order chi connectivity index (χ1) is 8.74. The topological polar surface area (TPSA) is 64.9 Å². The van der Waals surface area contributed by atoms with E-state index in [0.29, 0.717) is 6.42 Å². The minimum absolute atomic E-state index is 0.0151. The summed E-state index contributed by atoms with van der Waals surface area (Å²) < 4.78 is 0. The molecule has 96 valence electrons. The number of nitrogens with one attached hydrogen (secondary N) is 1. The normalized spacial score (nSPS) is 22.2. The molecule has 0 saturated heterocycles. The van der Waals surface area contributed by atoms with Crippen molar-refractivity contribution in [3.05, 3.63) is 35.9 Å². The molecule has 0 fully saturated rings. The quantitative estimate of drug-likeness (QED) is 0.871. The number of aliphatic hydroxyl groups is 1. The number of aliphatic hydroxyl groups excluding tert-OH is 1. The molecule has 0 bridgehead atoms. The van der Waals surface area contributed by atoms with Gasteiger partial charge in [-0.1, -0.05) is 42.1 Å². The lowest BCUT2D eigenvalue weighted by molar-refractivity contribution is 0.148. The number of amides is 2. The highest BCUT2D eigenvalue weighted by Gasteiger charge is 2.44. The molecule has 1 atom stereocenters. The van der Waals surface area contributed by atoms with E-state index in [0.717, 1.165) is 5.56 Å². The molecule has 1 aromatic carbocycles. The first-order valence-electron chi connectivity index (χ1n) is 5.63. The number of rotatable bonds is 3. The Morgan fingerprint density at radius 3 is 2.83 bits per heavy atom. The summed E-state index contributed by atoms with van der Waals surface area (Å²) in [6.07, 6.45) is 0.426. The Morgan fingerprint density at radius 1 is 1.50 bits per heavy atom. The number of thioether (sulfide) groups is 1. The van der Waals surface area contributed by atoms with Crippen LogP contribution in [-0.2, 0) is 4.87 Å². The summed E-state index contributed by atoms with van der Waals surface area (Å²) in [7, 11) is 1.57. The van der Waals surface area contributed by atoms with Crippen LogP contribution >= 0.6 is 11.8 Å². The zero-order chi connectivity index (χ0) is 13.0. The lowest BCUT2D eigenvalue weighted by Crippen LogP contribution is -2.45. The van der Waals surface area contributed by atoms with Crippen LogP contribution in [0.15, 0.2) is 35.4 Å². The summed E-state index contributed by atoms with van der Waals surface area (Å²) in [6, 6.07) is 9.33. The molecule has 2 N–H and O–H groups in total. The second-order valence-corrected chi connectivity index (χ2v) is 4.95. The third-order valence-electron chi connectivity index (χ3n) is 2.83. The summed E-state index contributed by atoms with van der Waals surface area (Å²) in [4.78, 5) is 11.2. The number of hydrogen-bond acceptors (Lipinski definition) is 4. The molecule has 1 unspecified atom stereocenters. The van der Waals surface area contributed by atoms with E-state index in [1.54, 1.807) is 12.6 Å². The Morgan fingerprint density at radius 2 is 2.22 bits per heavy atom.